The van der Waals surface area contributed by atoms with Crippen molar-refractivity contribution in [3.63, 3.8) is 0 Å². The van der Waals surface area contributed by atoms with Gasteiger partial charge in [0.2, 0.25) is 17.7 Å². The lowest BCUT2D eigenvalue weighted by atomic mass is 9.99. The van der Waals surface area contributed by atoms with Crippen molar-refractivity contribution in [1.29, 1.82) is 0 Å². The Morgan fingerprint density at radius 1 is 0.944 bits per heavy atom. The minimum absolute atomic E-state index is 0.0244. The Morgan fingerprint density at radius 3 is 2.11 bits per heavy atom. The van der Waals surface area contributed by atoms with Crippen LogP contribution in [0.2, 0.25) is 0 Å². The second kappa shape index (κ2) is 13.3. The fourth-order valence-electron chi connectivity index (χ4n) is 3.73. The van der Waals surface area contributed by atoms with Crippen LogP contribution in [0, 0.1) is 11.8 Å². The standard InChI is InChI=1S/C25H37N5O5S/c1-13(2)9-18(22(31)30-20(12-36)25(34)35)28-23(32)19(29-24(33)21(26)14(3)4)10-15-11-27-17-8-6-5-7-16(15)17/h5-8,11,13-14,18-21,27,36H,9-10,12,26H2,1-4H3,(H,28,32)(H,29,33)(H,30,31)(H,34,35). The Labute approximate surface area is 216 Å². The Balaban J connectivity index is 2.30. The van der Waals surface area contributed by atoms with Crippen molar-refractivity contribution in [3.05, 3.63) is 36.0 Å². The first-order valence-electron chi connectivity index (χ1n) is 12.0. The van der Waals surface area contributed by atoms with Gasteiger partial charge in [0, 0.05) is 29.3 Å². The van der Waals surface area contributed by atoms with Crippen LogP contribution in [-0.2, 0) is 25.6 Å². The van der Waals surface area contributed by atoms with Gasteiger partial charge in [-0.1, -0.05) is 45.9 Å². The molecule has 1 aromatic heterocycles. The summed E-state index contributed by atoms with van der Waals surface area (Å²) in [5, 5.41) is 18.1. The van der Waals surface area contributed by atoms with E-state index in [0.717, 1.165) is 16.5 Å². The molecule has 10 nitrogen and oxygen atoms in total. The van der Waals surface area contributed by atoms with Crippen molar-refractivity contribution < 1.29 is 24.3 Å². The van der Waals surface area contributed by atoms with Crippen LogP contribution >= 0.6 is 12.6 Å². The van der Waals surface area contributed by atoms with Gasteiger partial charge in [0.25, 0.3) is 0 Å². The zero-order valence-electron chi connectivity index (χ0n) is 21.1. The second-order valence-electron chi connectivity index (χ2n) is 9.67. The number of carbonyl (C=O) groups is 4. The number of rotatable bonds is 13. The SMILES string of the molecule is CC(C)CC(NC(=O)C(Cc1c[nH]c2ccccc12)NC(=O)C(N)C(C)C)C(=O)NC(CS)C(=O)O. The first kappa shape index (κ1) is 29.2. The Hall–Kier alpha value is -3.05. The highest BCUT2D eigenvalue weighted by Crippen LogP contribution is 2.19. The first-order chi connectivity index (χ1) is 16.9. The van der Waals surface area contributed by atoms with Gasteiger partial charge in [0.1, 0.15) is 18.1 Å². The molecule has 11 heteroatoms. The molecule has 0 saturated carbocycles. The highest BCUT2D eigenvalue weighted by Gasteiger charge is 2.31. The van der Waals surface area contributed by atoms with Crippen LogP contribution < -0.4 is 21.7 Å². The van der Waals surface area contributed by atoms with Crippen molar-refractivity contribution in [2.45, 2.75) is 64.7 Å². The van der Waals surface area contributed by atoms with Crippen LogP contribution in [-0.4, -0.2) is 63.7 Å². The molecule has 4 atom stereocenters. The molecule has 198 valence electrons. The van der Waals surface area contributed by atoms with E-state index >= 15 is 0 Å². The number of nitrogens with two attached hydrogens (primary N) is 1. The molecule has 0 aliphatic carbocycles. The monoisotopic (exact) mass is 519 g/mol. The van der Waals surface area contributed by atoms with E-state index in [1.165, 1.54) is 0 Å². The molecule has 0 bridgehead atoms. The summed E-state index contributed by atoms with van der Waals surface area (Å²) in [5.41, 5.74) is 7.71. The van der Waals surface area contributed by atoms with Crippen LogP contribution in [0.5, 0.6) is 0 Å². The highest BCUT2D eigenvalue weighted by molar-refractivity contribution is 7.80. The van der Waals surface area contributed by atoms with E-state index in [-0.39, 0.29) is 30.4 Å². The molecular weight excluding hydrogens is 482 g/mol. The fourth-order valence-corrected chi connectivity index (χ4v) is 3.98. The molecule has 0 fully saturated rings. The molecule has 1 heterocycles. The molecule has 1 aromatic carbocycles. The number of hydrogen-bond acceptors (Lipinski definition) is 6. The molecule has 0 saturated heterocycles. The number of thiol groups is 1. The number of carboxylic acid groups (broad SMARTS) is 1. The number of aromatic amines is 1. The summed E-state index contributed by atoms with van der Waals surface area (Å²) in [6, 6.07) is 3.57. The number of nitrogens with one attached hydrogen (secondary N) is 4. The van der Waals surface area contributed by atoms with Gasteiger partial charge >= 0.3 is 5.97 Å². The summed E-state index contributed by atoms with van der Waals surface area (Å²) in [5.74, 6) is -3.11. The van der Waals surface area contributed by atoms with Gasteiger partial charge < -0.3 is 31.8 Å². The maximum Gasteiger partial charge on any atom is 0.327 e. The van der Waals surface area contributed by atoms with Crippen LogP contribution in [0.3, 0.4) is 0 Å². The van der Waals surface area contributed by atoms with Gasteiger partial charge in [-0.05, 0) is 29.9 Å². The first-order valence-corrected chi connectivity index (χ1v) is 12.6. The van der Waals surface area contributed by atoms with E-state index in [1.54, 1.807) is 6.20 Å². The molecule has 4 unspecified atom stereocenters. The van der Waals surface area contributed by atoms with Crippen LogP contribution in [0.1, 0.15) is 39.7 Å². The van der Waals surface area contributed by atoms with E-state index in [2.05, 4.69) is 33.6 Å². The van der Waals surface area contributed by atoms with Crippen molar-refractivity contribution in [1.82, 2.24) is 20.9 Å². The summed E-state index contributed by atoms with van der Waals surface area (Å²) in [6.07, 6.45) is 2.22. The fraction of sp³-hybridized carbons (Fsp3) is 0.520. The number of carboxylic acids is 1. The van der Waals surface area contributed by atoms with Gasteiger partial charge in [-0.15, -0.1) is 0 Å². The number of H-pyrrole nitrogens is 1. The molecule has 3 amide bonds. The number of carbonyl (C=O) groups excluding carboxylic acids is 3. The smallest absolute Gasteiger partial charge is 0.327 e. The van der Waals surface area contributed by atoms with Crippen molar-refractivity contribution >= 4 is 47.2 Å². The number of aliphatic carboxylic acids is 1. The van der Waals surface area contributed by atoms with Gasteiger partial charge in [0.15, 0.2) is 0 Å². The Bertz CT molecular complexity index is 1070. The van der Waals surface area contributed by atoms with Crippen LogP contribution in [0.15, 0.2) is 30.5 Å². The number of fused-ring (bicyclic) bond motifs is 1. The van der Waals surface area contributed by atoms with Gasteiger partial charge in [-0.2, -0.15) is 12.6 Å². The quantitative estimate of drug-likeness (QED) is 0.196. The molecule has 2 rings (SSSR count). The predicted octanol–water partition coefficient (Wildman–Crippen LogP) is 1.21. The lowest BCUT2D eigenvalue weighted by Gasteiger charge is -2.26. The van der Waals surface area contributed by atoms with Crippen LogP contribution in [0.25, 0.3) is 10.9 Å². The van der Waals surface area contributed by atoms with E-state index in [9.17, 15) is 24.3 Å². The van der Waals surface area contributed by atoms with E-state index in [1.807, 2.05) is 52.0 Å². The molecule has 36 heavy (non-hydrogen) atoms. The summed E-state index contributed by atoms with van der Waals surface area (Å²) >= 11 is 3.98. The van der Waals surface area contributed by atoms with E-state index in [4.69, 9.17) is 5.73 Å². The Kier molecular flexibility index (Phi) is 10.8. The molecule has 0 radical (unpaired) electrons. The van der Waals surface area contributed by atoms with Gasteiger partial charge in [-0.3, -0.25) is 14.4 Å². The molecule has 2 aromatic rings. The summed E-state index contributed by atoms with van der Waals surface area (Å²) in [7, 11) is 0. The maximum absolute atomic E-state index is 13.4. The Morgan fingerprint density at radius 2 is 1.53 bits per heavy atom. The van der Waals surface area contributed by atoms with Crippen molar-refractivity contribution in [2.24, 2.45) is 17.6 Å². The molecular formula is C25H37N5O5S. The number of benzene rings is 1. The number of amides is 3. The average Bonchev–Trinajstić information content (AvgIpc) is 3.23. The maximum atomic E-state index is 13.4. The second-order valence-corrected chi connectivity index (χ2v) is 10.0. The number of para-hydroxylation sites is 1. The predicted molar refractivity (Wildman–Crippen MR) is 142 cm³/mol. The summed E-state index contributed by atoms with van der Waals surface area (Å²) in [6.45, 7) is 7.38. The minimum Gasteiger partial charge on any atom is -0.480 e. The van der Waals surface area contributed by atoms with Gasteiger partial charge in [0.05, 0.1) is 6.04 Å². The third-order valence-electron chi connectivity index (χ3n) is 5.89. The molecule has 0 aliphatic heterocycles. The summed E-state index contributed by atoms with van der Waals surface area (Å²) in [4.78, 5) is 53.6. The third kappa shape index (κ3) is 7.99. The lowest BCUT2D eigenvalue weighted by Crippen LogP contribution is -2.58. The number of aromatic nitrogens is 1. The minimum atomic E-state index is -1.22. The van der Waals surface area contributed by atoms with E-state index in [0.29, 0.717) is 0 Å². The highest BCUT2D eigenvalue weighted by atomic mass is 32.1. The third-order valence-corrected chi connectivity index (χ3v) is 6.26. The van der Waals surface area contributed by atoms with Crippen molar-refractivity contribution in [3.8, 4) is 0 Å². The molecule has 0 spiro atoms. The average molecular weight is 520 g/mol. The molecule has 0 aliphatic rings. The molecule has 7 N–H and O–H groups in total. The lowest BCUT2D eigenvalue weighted by molar-refractivity contribution is -0.141. The number of hydrogen-bond donors (Lipinski definition) is 7. The van der Waals surface area contributed by atoms with E-state index < -0.39 is 47.9 Å². The topological polar surface area (TPSA) is 166 Å². The van der Waals surface area contributed by atoms with Crippen molar-refractivity contribution in [2.75, 3.05) is 5.75 Å². The van der Waals surface area contributed by atoms with Crippen LogP contribution in [0.4, 0.5) is 0 Å². The normalized spacial score (nSPS) is 14.8. The zero-order valence-corrected chi connectivity index (χ0v) is 22.0. The van der Waals surface area contributed by atoms with Gasteiger partial charge in [-0.25, -0.2) is 4.79 Å². The largest absolute Gasteiger partial charge is 0.480 e. The zero-order chi connectivity index (χ0) is 27.0. The summed E-state index contributed by atoms with van der Waals surface area (Å²) < 4.78 is 0.